The quantitative estimate of drug-likeness (QED) is 0.559. The number of methoxy groups -OCH3 is 1. The van der Waals surface area contributed by atoms with Crippen molar-refractivity contribution in [2.75, 3.05) is 13.7 Å². The van der Waals surface area contributed by atoms with Crippen LogP contribution in [0.3, 0.4) is 0 Å². The van der Waals surface area contributed by atoms with Crippen LogP contribution in [0.5, 0.6) is 0 Å². The largest absolute Gasteiger partial charge is 0.464 e. The molecule has 2 heterocycles. The second-order valence-corrected chi connectivity index (χ2v) is 4.53. The molecule has 0 saturated carbocycles. The Labute approximate surface area is 106 Å². The highest BCUT2D eigenvalue weighted by atomic mass is 16.5. The number of hydrogen-bond acceptors (Lipinski definition) is 3. The van der Waals surface area contributed by atoms with Crippen LogP contribution in [0.2, 0.25) is 0 Å². The van der Waals surface area contributed by atoms with Crippen molar-refractivity contribution >= 4 is 12.0 Å². The van der Waals surface area contributed by atoms with Crippen molar-refractivity contribution in [2.45, 2.75) is 12.5 Å². The van der Waals surface area contributed by atoms with Crippen LogP contribution in [0, 0.1) is 0 Å². The van der Waals surface area contributed by atoms with Gasteiger partial charge in [0.05, 0.1) is 13.2 Å². The Morgan fingerprint density at radius 2 is 2.17 bits per heavy atom. The molecule has 1 atom stereocenters. The summed E-state index contributed by atoms with van der Waals surface area (Å²) in [6.45, 7) is 0.764. The Kier molecular flexibility index (Phi) is 2.67. The maximum Gasteiger partial charge on any atom is 0.354 e. The van der Waals surface area contributed by atoms with Crippen LogP contribution < -0.4 is 0 Å². The van der Waals surface area contributed by atoms with Crippen molar-refractivity contribution in [3.05, 3.63) is 53.2 Å². The molecule has 0 aromatic heterocycles. The number of fused-ring (bicyclic) bond motifs is 3. The molecule has 1 unspecified atom stereocenters. The second-order valence-electron chi connectivity index (χ2n) is 4.53. The lowest BCUT2D eigenvalue weighted by atomic mass is 9.90. The monoisotopic (exact) mass is 241 g/mol. The summed E-state index contributed by atoms with van der Waals surface area (Å²) in [6, 6.07) is 8.49. The molecule has 0 saturated heterocycles. The summed E-state index contributed by atoms with van der Waals surface area (Å²) in [7, 11) is 1.43. The SMILES string of the molecule is COC(=O)C1=Cc2ccccc2C2CC=CCN12. The third-order valence-corrected chi connectivity index (χ3v) is 3.56. The number of carbonyl (C=O) groups excluding carboxylic acids is 1. The third kappa shape index (κ3) is 1.63. The highest BCUT2D eigenvalue weighted by Gasteiger charge is 2.32. The van der Waals surface area contributed by atoms with Crippen molar-refractivity contribution < 1.29 is 9.53 Å². The summed E-state index contributed by atoms with van der Waals surface area (Å²) in [4.78, 5) is 14.0. The number of esters is 1. The van der Waals surface area contributed by atoms with Gasteiger partial charge in [0, 0.05) is 6.54 Å². The Hall–Kier alpha value is -2.03. The van der Waals surface area contributed by atoms with Gasteiger partial charge in [-0.15, -0.1) is 0 Å². The molecular formula is C15H15NO2. The molecule has 0 amide bonds. The molecule has 18 heavy (non-hydrogen) atoms. The average molecular weight is 241 g/mol. The van der Waals surface area contributed by atoms with E-state index < -0.39 is 0 Å². The van der Waals surface area contributed by atoms with Gasteiger partial charge in [0.2, 0.25) is 0 Å². The zero-order valence-corrected chi connectivity index (χ0v) is 10.3. The lowest BCUT2D eigenvalue weighted by Crippen LogP contribution is -2.36. The minimum absolute atomic E-state index is 0.255. The van der Waals surface area contributed by atoms with Crippen LogP contribution in [0.25, 0.3) is 6.08 Å². The fourth-order valence-corrected chi connectivity index (χ4v) is 2.69. The molecule has 2 aliphatic rings. The lowest BCUT2D eigenvalue weighted by Gasteiger charge is -2.39. The van der Waals surface area contributed by atoms with E-state index in [9.17, 15) is 4.79 Å². The first-order valence-corrected chi connectivity index (χ1v) is 6.12. The summed E-state index contributed by atoms with van der Waals surface area (Å²) >= 11 is 0. The molecule has 3 heteroatoms. The van der Waals surface area contributed by atoms with E-state index >= 15 is 0 Å². The number of benzene rings is 1. The molecule has 0 spiro atoms. The maximum absolute atomic E-state index is 11.9. The van der Waals surface area contributed by atoms with Gasteiger partial charge in [0.15, 0.2) is 0 Å². The molecule has 2 aliphatic heterocycles. The van der Waals surface area contributed by atoms with Crippen molar-refractivity contribution in [2.24, 2.45) is 0 Å². The lowest BCUT2D eigenvalue weighted by molar-refractivity contribution is -0.138. The molecule has 0 aliphatic carbocycles. The number of carbonyl (C=O) groups is 1. The normalized spacial score (nSPS) is 20.8. The minimum Gasteiger partial charge on any atom is -0.464 e. The predicted octanol–water partition coefficient (Wildman–Crippen LogP) is 2.52. The summed E-state index contributed by atoms with van der Waals surface area (Å²) in [5.74, 6) is -0.259. The van der Waals surface area contributed by atoms with Crippen LogP contribution >= 0.6 is 0 Å². The number of rotatable bonds is 1. The van der Waals surface area contributed by atoms with Crippen molar-refractivity contribution in [1.82, 2.24) is 4.90 Å². The molecule has 0 bridgehead atoms. The highest BCUT2D eigenvalue weighted by molar-refractivity contribution is 5.94. The Morgan fingerprint density at radius 1 is 1.33 bits per heavy atom. The van der Waals surface area contributed by atoms with Crippen LogP contribution in [-0.2, 0) is 9.53 Å². The van der Waals surface area contributed by atoms with Crippen LogP contribution in [0.4, 0.5) is 0 Å². The topological polar surface area (TPSA) is 29.5 Å². The molecule has 0 N–H and O–H groups in total. The summed E-state index contributed by atoms with van der Waals surface area (Å²) in [6.07, 6.45) is 7.14. The van der Waals surface area contributed by atoms with E-state index in [0.29, 0.717) is 5.70 Å². The zero-order valence-electron chi connectivity index (χ0n) is 10.3. The standard InChI is InChI=1S/C15H15NO2/c1-18-15(17)14-10-11-6-2-3-7-12(11)13-8-4-5-9-16(13)14/h2-7,10,13H,8-9H2,1H3. The zero-order chi connectivity index (χ0) is 12.5. The van der Waals surface area contributed by atoms with Gasteiger partial charge >= 0.3 is 5.97 Å². The average Bonchev–Trinajstić information content (AvgIpc) is 2.45. The van der Waals surface area contributed by atoms with Gasteiger partial charge in [-0.2, -0.15) is 0 Å². The fraction of sp³-hybridized carbons (Fsp3) is 0.267. The highest BCUT2D eigenvalue weighted by Crippen LogP contribution is 2.38. The van der Waals surface area contributed by atoms with Gasteiger partial charge < -0.3 is 9.64 Å². The molecule has 1 aromatic rings. The molecule has 0 fully saturated rings. The molecule has 1 aromatic carbocycles. The number of hydrogen-bond donors (Lipinski definition) is 0. The molecule has 3 rings (SSSR count). The summed E-state index contributed by atoms with van der Waals surface area (Å²) in [5.41, 5.74) is 3.06. The maximum atomic E-state index is 11.9. The fourth-order valence-electron chi connectivity index (χ4n) is 2.69. The van der Waals surface area contributed by atoms with Crippen molar-refractivity contribution in [1.29, 1.82) is 0 Å². The van der Waals surface area contributed by atoms with Gasteiger partial charge in [-0.25, -0.2) is 4.79 Å². The van der Waals surface area contributed by atoms with Gasteiger partial charge in [0.1, 0.15) is 5.70 Å². The van der Waals surface area contributed by atoms with E-state index in [1.54, 1.807) is 0 Å². The molecular weight excluding hydrogens is 226 g/mol. The van der Waals surface area contributed by atoms with Crippen LogP contribution in [-0.4, -0.2) is 24.5 Å². The first-order chi connectivity index (χ1) is 8.81. The van der Waals surface area contributed by atoms with Gasteiger partial charge in [0.25, 0.3) is 0 Å². The van der Waals surface area contributed by atoms with Crippen LogP contribution in [0.15, 0.2) is 42.1 Å². The van der Waals surface area contributed by atoms with Crippen molar-refractivity contribution in [3.63, 3.8) is 0 Å². The van der Waals surface area contributed by atoms with Crippen molar-refractivity contribution in [3.8, 4) is 0 Å². The molecule has 92 valence electrons. The predicted molar refractivity (Wildman–Crippen MR) is 69.6 cm³/mol. The third-order valence-electron chi connectivity index (χ3n) is 3.56. The Morgan fingerprint density at radius 3 is 3.00 bits per heavy atom. The van der Waals surface area contributed by atoms with E-state index in [1.165, 1.54) is 12.7 Å². The minimum atomic E-state index is -0.259. The van der Waals surface area contributed by atoms with E-state index in [1.807, 2.05) is 24.3 Å². The van der Waals surface area contributed by atoms with E-state index in [2.05, 4.69) is 23.1 Å². The van der Waals surface area contributed by atoms with Crippen LogP contribution in [0.1, 0.15) is 23.6 Å². The Balaban J connectivity index is 2.12. The van der Waals surface area contributed by atoms with Gasteiger partial charge in [-0.1, -0.05) is 36.4 Å². The first-order valence-electron chi connectivity index (χ1n) is 6.12. The smallest absolute Gasteiger partial charge is 0.354 e. The summed E-state index contributed by atoms with van der Waals surface area (Å²) < 4.78 is 4.88. The van der Waals surface area contributed by atoms with E-state index in [0.717, 1.165) is 18.5 Å². The van der Waals surface area contributed by atoms with Gasteiger partial charge in [-0.3, -0.25) is 0 Å². The number of ether oxygens (including phenoxy) is 1. The molecule has 3 nitrogen and oxygen atoms in total. The number of nitrogens with zero attached hydrogens (tertiary/aromatic N) is 1. The van der Waals surface area contributed by atoms with E-state index in [-0.39, 0.29) is 12.0 Å². The van der Waals surface area contributed by atoms with E-state index in [4.69, 9.17) is 4.74 Å². The second kappa shape index (κ2) is 4.33. The Bertz CT molecular complexity index is 545. The first kappa shape index (κ1) is 11.1. The summed E-state index contributed by atoms with van der Waals surface area (Å²) in [5, 5.41) is 0. The van der Waals surface area contributed by atoms with Gasteiger partial charge in [-0.05, 0) is 23.6 Å². The molecule has 0 radical (unpaired) electrons.